The topological polar surface area (TPSA) is 202 Å². The molecule has 17 heteroatoms. The van der Waals surface area contributed by atoms with Gasteiger partial charge in [0, 0.05) is 78.6 Å². The van der Waals surface area contributed by atoms with Gasteiger partial charge in [-0.2, -0.15) is 0 Å². The smallest absolute Gasteiger partial charge is 0.410 e. The summed E-state index contributed by atoms with van der Waals surface area (Å²) in [7, 11) is 0. The van der Waals surface area contributed by atoms with E-state index in [1.54, 1.807) is 53.8 Å². The van der Waals surface area contributed by atoms with Crippen LogP contribution in [0.5, 0.6) is 11.5 Å². The molecule has 0 saturated carbocycles. The van der Waals surface area contributed by atoms with Crippen LogP contribution in [0.15, 0.2) is 85.5 Å². The summed E-state index contributed by atoms with van der Waals surface area (Å²) in [6, 6.07) is 19.5. The third kappa shape index (κ3) is 17.2. The molecule has 4 aromatic heterocycles. The zero-order valence-electron chi connectivity index (χ0n) is 45.3. The first-order valence-electron chi connectivity index (χ1n) is 26.4. The summed E-state index contributed by atoms with van der Waals surface area (Å²) in [6.45, 7) is 17.7. The zero-order valence-corrected chi connectivity index (χ0v) is 47.0. The van der Waals surface area contributed by atoms with Crippen LogP contribution in [0.2, 0.25) is 0 Å². The normalized spacial score (nSPS) is 16.5. The summed E-state index contributed by atoms with van der Waals surface area (Å²) in [4.78, 5) is 34.4. The number of hydrogen-bond donors (Lipinski definition) is 4. The Morgan fingerprint density at radius 3 is 1.75 bits per heavy atom. The number of hydrogen-bond acceptors (Lipinski definition) is 16. The predicted molar refractivity (Wildman–Crippen MR) is 304 cm³/mol. The van der Waals surface area contributed by atoms with Crippen LogP contribution in [0.25, 0.3) is 20.9 Å². The number of amides is 1. The number of anilines is 2. The molecule has 0 bridgehead atoms. The van der Waals surface area contributed by atoms with Crippen molar-refractivity contribution in [2.75, 3.05) is 44.3 Å². The molecule has 0 aliphatic carbocycles. The number of aliphatic hydroxyl groups is 1. The Morgan fingerprint density at radius 1 is 0.714 bits per heavy atom. The van der Waals surface area contributed by atoms with Crippen molar-refractivity contribution in [2.45, 2.75) is 142 Å². The molecule has 0 spiro atoms. The Kier molecular flexibility index (Phi) is 18.9. The number of nitrogens with zero attached hydrogens (tertiary/aromatic N) is 5. The Morgan fingerprint density at radius 2 is 1.25 bits per heavy atom. The molecule has 3 saturated heterocycles. The lowest BCUT2D eigenvalue weighted by atomic mass is 9.98. The lowest BCUT2D eigenvalue weighted by Gasteiger charge is -2.32. The van der Waals surface area contributed by atoms with Gasteiger partial charge in [-0.05, 0) is 154 Å². The summed E-state index contributed by atoms with van der Waals surface area (Å²) in [5.74, 6) is 14.9. The van der Waals surface area contributed by atoms with E-state index in [-0.39, 0.29) is 12.4 Å². The monoisotopic (exact) mass is 1080 g/mol. The molecular formula is C60H72N8O7S2. The Bertz CT molecular complexity index is 3060. The van der Waals surface area contributed by atoms with Crippen molar-refractivity contribution in [1.82, 2.24) is 30.2 Å². The second-order valence-electron chi connectivity index (χ2n) is 21.6. The molecule has 6 aromatic rings. The predicted octanol–water partition coefficient (Wildman–Crippen LogP) is 11.1. The van der Waals surface area contributed by atoms with Crippen molar-refractivity contribution in [3.8, 4) is 56.1 Å². The van der Waals surface area contributed by atoms with Crippen molar-refractivity contribution in [1.29, 1.82) is 0 Å². The number of piperidine rings is 2. The molecule has 2 aromatic carbocycles. The number of carbonyl (C=O) groups is 1. The van der Waals surface area contributed by atoms with E-state index in [0.717, 1.165) is 113 Å². The van der Waals surface area contributed by atoms with Gasteiger partial charge in [-0.1, -0.05) is 47.9 Å². The molecule has 15 nitrogen and oxygen atoms in total. The maximum Gasteiger partial charge on any atom is 0.410 e. The van der Waals surface area contributed by atoms with Gasteiger partial charge in [0.2, 0.25) is 0 Å². The molecule has 77 heavy (non-hydrogen) atoms. The van der Waals surface area contributed by atoms with E-state index < -0.39 is 16.8 Å². The molecule has 0 radical (unpaired) electrons. The number of thiazole rings is 2. The first-order valence-corrected chi connectivity index (χ1v) is 28.1. The van der Waals surface area contributed by atoms with Crippen molar-refractivity contribution < 1.29 is 33.6 Å². The molecule has 406 valence electrons. The van der Waals surface area contributed by atoms with Crippen LogP contribution in [0.1, 0.15) is 138 Å². The van der Waals surface area contributed by atoms with Gasteiger partial charge in [0.25, 0.3) is 0 Å². The van der Waals surface area contributed by atoms with Gasteiger partial charge >= 0.3 is 6.09 Å². The molecule has 3 aliphatic heterocycles. The maximum atomic E-state index is 12.4. The van der Waals surface area contributed by atoms with Crippen LogP contribution in [0.3, 0.4) is 0 Å². The molecule has 3 aliphatic rings. The Balaban J connectivity index is 0.000000216. The molecule has 1 atom stereocenters. The van der Waals surface area contributed by atoms with Gasteiger partial charge in [0.15, 0.2) is 29.4 Å². The molecule has 6 N–H and O–H groups in total. The largest absolute Gasteiger partial charge is 0.485 e. The standard InChI is InChI=1S/C35H44N4O5S.C25H28N4O2S/c1-34(2,3)44-33(40)39-16-13-26(14-17-39)32-38-22-29(45-32)27-20-28(31(36)37-21-27)42-23-25-10-8-9-24(19-25)12-15-35(4,5)43-30-11-6-7-18-41-30;1-25(2,30)9-6-17-4-3-5-18(12-17)16-31-21-13-20(14-28-23(21)26)22-15-29-24(32-22)19-7-10-27-11-8-19/h8-10,19-22,26,30H,6-7,11,13-14,16-18,23H2,1-5H3,(H2,36,37);3-5,12-15,19,27,30H,7-8,10-11,16H2,1-2H3,(H2,26,28). The minimum absolute atomic E-state index is 0.196. The first-order chi connectivity index (χ1) is 36.8. The highest BCUT2D eigenvalue weighted by Gasteiger charge is 2.29. The van der Waals surface area contributed by atoms with E-state index in [0.29, 0.717) is 61.3 Å². The lowest BCUT2D eigenvalue weighted by Crippen LogP contribution is -2.41. The van der Waals surface area contributed by atoms with Crippen molar-refractivity contribution in [2.24, 2.45) is 0 Å². The second kappa shape index (κ2) is 25.7. The number of likely N-dealkylation sites (tertiary alicyclic amines) is 1. The highest BCUT2D eigenvalue weighted by Crippen LogP contribution is 2.38. The number of nitrogen functional groups attached to an aromatic ring is 2. The van der Waals surface area contributed by atoms with Crippen LogP contribution in [-0.2, 0) is 27.4 Å². The van der Waals surface area contributed by atoms with Crippen LogP contribution >= 0.6 is 22.7 Å². The molecular weight excluding hydrogens is 1010 g/mol. The summed E-state index contributed by atoms with van der Waals surface area (Å²) in [5, 5.41) is 15.4. The van der Waals surface area contributed by atoms with Gasteiger partial charge in [-0.25, -0.2) is 24.7 Å². The SMILES string of the molecule is CC(C)(C)OC(=O)N1CCC(c2ncc(-c3cnc(N)c(OCc4cccc(C#CC(C)(C)OC5CCCCO5)c4)c3)s2)CC1.CC(C)(O)C#Cc1cccc(COc2cc(-c3cnc(C4CCNCC4)s3)cnc2N)c1. The third-order valence-electron chi connectivity index (χ3n) is 12.8. The average molecular weight is 1080 g/mol. The summed E-state index contributed by atoms with van der Waals surface area (Å²) < 4.78 is 29.5. The van der Waals surface area contributed by atoms with Crippen molar-refractivity contribution in [3.63, 3.8) is 0 Å². The first kappa shape index (κ1) is 56.6. The van der Waals surface area contributed by atoms with Gasteiger partial charge in [-0.15, -0.1) is 22.7 Å². The maximum absolute atomic E-state index is 12.4. The number of carbonyl (C=O) groups excluding carboxylic acids is 1. The summed E-state index contributed by atoms with van der Waals surface area (Å²) >= 11 is 3.37. The third-order valence-corrected chi connectivity index (χ3v) is 15.2. The van der Waals surface area contributed by atoms with Crippen molar-refractivity contribution >= 4 is 40.4 Å². The van der Waals surface area contributed by atoms with Gasteiger partial charge in [-0.3, -0.25) is 0 Å². The van der Waals surface area contributed by atoms with E-state index in [9.17, 15) is 9.90 Å². The van der Waals surface area contributed by atoms with Gasteiger partial charge in [0.1, 0.15) is 30.0 Å². The fourth-order valence-electron chi connectivity index (χ4n) is 8.74. The van der Waals surface area contributed by atoms with Crippen molar-refractivity contribution in [3.05, 3.63) is 118 Å². The summed E-state index contributed by atoms with van der Waals surface area (Å²) in [5.41, 5.74) is 15.6. The van der Waals surface area contributed by atoms with E-state index >= 15 is 0 Å². The number of aromatic nitrogens is 4. The molecule has 7 heterocycles. The minimum Gasteiger partial charge on any atom is -0.485 e. The quantitative estimate of drug-likeness (QED) is 0.0843. The van der Waals surface area contributed by atoms with E-state index in [4.69, 9.17) is 40.1 Å². The number of pyridine rings is 2. The number of ether oxygens (including phenoxy) is 5. The molecule has 1 amide bonds. The van der Waals surface area contributed by atoms with E-state index in [1.165, 1.54) is 5.01 Å². The fourth-order valence-corrected chi connectivity index (χ4v) is 10.9. The zero-order chi connectivity index (χ0) is 54.6. The van der Waals surface area contributed by atoms with E-state index in [1.807, 2.05) is 108 Å². The van der Waals surface area contributed by atoms with Gasteiger partial charge in [0.05, 0.1) is 19.8 Å². The van der Waals surface area contributed by atoms with Gasteiger partial charge < -0.3 is 50.5 Å². The second-order valence-corrected chi connectivity index (χ2v) is 23.7. The summed E-state index contributed by atoms with van der Waals surface area (Å²) in [6.07, 6.45) is 13.9. The average Bonchev–Trinajstić information content (AvgIpc) is 4.12. The van der Waals surface area contributed by atoms with E-state index in [2.05, 4.69) is 44.0 Å². The molecule has 3 fully saturated rings. The van der Waals surface area contributed by atoms with Crippen LogP contribution in [0, 0.1) is 23.7 Å². The number of nitrogens with two attached hydrogens (primary N) is 2. The van der Waals surface area contributed by atoms with Crippen LogP contribution in [-0.4, -0.2) is 91.9 Å². The number of nitrogens with one attached hydrogen (secondary N) is 1. The fraction of sp³-hybridized carbons (Fsp3) is 0.450. The highest BCUT2D eigenvalue weighted by atomic mass is 32.1. The number of benzene rings is 2. The highest BCUT2D eigenvalue weighted by molar-refractivity contribution is 7.15. The number of rotatable bonds is 12. The lowest BCUT2D eigenvalue weighted by molar-refractivity contribution is -0.199. The Hall–Kier alpha value is -6.57. The minimum atomic E-state index is -1.03. The van der Waals surface area contributed by atoms with Crippen LogP contribution in [0.4, 0.5) is 16.4 Å². The molecule has 9 rings (SSSR count). The Labute approximate surface area is 461 Å². The molecule has 1 unspecified atom stereocenters. The van der Waals surface area contributed by atoms with Crippen LogP contribution < -0.4 is 26.3 Å².